The highest BCUT2D eigenvalue weighted by atomic mass is 15.2. The molecule has 0 fully saturated rings. The molecule has 0 aliphatic heterocycles. The number of hydrogen-bond donors (Lipinski definition) is 8. The Labute approximate surface area is 242 Å². The predicted molar refractivity (Wildman–Crippen MR) is 171 cm³/mol. The average Bonchev–Trinajstić information content (AvgIpc) is 2.94. The topological polar surface area (TPSA) is 179 Å². The molecule has 0 aromatic carbocycles. The van der Waals surface area contributed by atoms with Gasteiger partial charge in [0.1, 0.15) is 0 Å². The van der Waals surface area contributed by atoms with Crippen LogP contribution in [0.25, 0.3) is 0 Å². The van der Waals surface area contributed by atoms with Crippen LogP contribution in [0.2, 0.25) is 0 Å². The largest absolute Gasteiger partial charge is 0.329 e. The van der Waals surface area contributed by atoms with E-state index in [4.69, 9.17) is 28.7 Å². The summed E-state index contributed by atoms with van der Waals surface area (Å²) in [5.74, 6) is 0. The molecular weight excluding hydrogens is 492 g/mol. The zero-order valence-corrected chi connectivity index (χ0v) is 26.1. The number of likely N-dealkylation sites (N-methyl/N-ethyl adjacent to an activating group) is 1. The molecule has 0 atom stereocenters. The fourth-order valence-corrected chi connectivity index (χ4v) is 4.01. The van der Waals surface area contributed by atoms with Crippen molar-refractivity contribution in [2.45, 2.75) is 26.7 Å². The van der Waals surface area contributed by atoms with Crippen LogP contribution in [-0.4, -0.2) is 171 Å². The van der Waals surface area contributed by atoms with Crippen molar-refractivity contribution in [1.29, 1.82) is 0 Å². The molecule has 0 bridgehead atoms. The van der Waals surface area contributed by atoms with Gasteiger partial charge in [0, 0.05) is 144 Å². The molecular formula is C27H70N12. The quantitative estimate of drug-likeness (QED) is 0.0439. The lowest BCUT2D eigenvalue weighted by Gasteiger charge is -2.28. The van der Waals surface area contributed by atoms with Crippen LogP contribution in [0, 0.1) is 0 Å². The van der Waals surface area contributed by atoms with E-state index in [0.717, 1.165) is 111 Å². The number of rotatable bonds is 29. The smallest absolute Gasteiger partial charge is 0.0110 e. The summed E-state index contributed by atoms with van der Waals surface area (Å²) in [7, 11) is 1.98. The van der Waals surface area contributed by atoms with E-state index in [1.807, 2.05) is 7.05 Å². The number of unbranched alkanes of at least 4 members (excludes halogenated alkanes) is 1. The Morgan fingerprint density at radius 1 is 0.385 bits per heavy atom. The van der Waals surface area contributed by atoms with Crippen LogP contribution in [0.15, 0.2) is 0 Å². The van der Waals surface area contributed by atoms with Crippen LogP contribution >= 0.6 is 0 Å². The fourth-order valence-electron chi connectivity index (χ4n) is 4.01. The Morgan fingerprint density at radius 3 is 0.897 bits per heavy atom. The summed E-state index contributed by atoms with van der Waals surface area (Å²) >= 11 is 0. The number of nitrogens with one attached hydrogen (secondary N) is 3. The van der Waals surface area contributed by atoms with E-state index in [2.05, 4.69) is 49.4 Å². The Balaban J connectivity index is 0. The molecule has 0 spiro atoms. The van der Waals surface area contributed by atoms with Crippen molar-refractivity contribution < 1.29 is 0 Å². The first-order valence-electron chi connectivity index (χ1n) is 15.5. The van der Waals surface area contributed by atoms with Gasteiger partial charge >= 0.3 is 0 Å². The molecule has 0 aliphatic rings. The first-order valence-corrected chi connectivity index (χ1v) is 15.5. The van der Waals surface area contributed by atoms with Gasteiger partial charge in [0.05, 0.1) is 0 Å². The fraction of sp³-hybridized carbons (Fsp3) is 1.00. The van der Waals surface area contributed by atoms with E-state index in [9.17, 15) is 0 Å². The summed E-state index contributed by atoms with van der Waals surface area (Å²) in [6.07, 6.45) is 2.64. The maximum atomic E-state index is 5.88. The van der Waals surface area contributed by atoms with E-state index in [1.165, 1.54) is 12.8 Å². The van der Waals surface area contributed by atoms with E-state index in [-0.39, 0.29) is 0 Å². The summed E-state index contributed by atoms with van der Waals surface area (Å²) in [5, 5.41) is 10.3. The van der Waals surface area contributed by atoms with Crippen LogP contribution < -0.4 is 44.6 Å². The van der Waals surface area contributed by atoms with Crippen molar-refractivity contribution in [3.63, 3.8) is 0 Å². The highest BCUT2D eigenvalue weighted by molar-refractivity contribution is 4.69. The molecule has 238 valence electrons. The zero-order valence-electron chi connectivity index (χ0n) is 26.1. The standard InChI is InChI=1S/C23H60N12.C4H10/c1-29-7-17-33(14-4-26)19-9-31-11-21-35(16-6-28)23-22-34(15-5-27)20-10-30-8-18-32(12-2-24)13-3-25;1-3-4-2/h29-31H,2-28H2,1H3;3-4H2,1-2H3. The van der Waals surface area contributed by atoms with Gasteiger partial charge in [-0.15, -0.1) is 0 Å². The molecule has 0 aliphatic carbocycles. The Hall–Kier alpha value is -0.480. The lowest BCUT2D eigenvalue weighted by Crippen LogP contribution is -2.45. The zero-order chi connectivity index (χ0) is 29.4. The summed E-state index contributed by atoms with van der Waals surface area (Å²) in [6, 6.07) is 0. The Bertz CT molecular complexity index is 439. The van der Waals surface area contributed by atoms with E-state index in [0.29, 0.717) is 32.7 Å². The third-order valence-corrected chi connectivity index (χ3v) is 6.56. The molecule has 39 heavy (non-hydrogen) atoms. The SMILES string of the molecule is CCCC.CNCCN(CCN)CCNCCN(CCN)CCN(CCN)CCNCCN(CCN)CCN. The molecule has 12 nitrogen and oxygen atoms in total. The molecule has 0 radical (unpaired) electrons. The van der Waals surface area contributed by atoms with Gasteiger partial charge in [-0.1, -0.05) is 26.7 Å². The van der Waals surface area contributed by atoms with Gasteiger partial charge in [0.2, 0.25) is 0 Å². The summed E-state index contributed by atoms with van der Waals surface area (Å²) in [6.45, 7) is 24.1. The Morgan fingerprint density at radius 2 is 0.641 bits per heavy atom. The molecule has 13 N–H and O–H groups in total. The molecule has 0 saturated carbocycles. The molecule has 12 heteroatoms. The van der Waals surface area contributed by atoms with Crippen LogP contribution in [0.1, 0.15) is 26.7 Å². The van der Waals surface area contributed by atoms with E-state index in [1.54, 1.807) is 0 Å². The second-order valence-corrected chi connectivity index (χ2v) is 9.91. The normalized spacial score (nSPS) is 11.7. The van der Waals surface area contributed by atoms with Gasteiger partial charge < -0.3 is 44.6 Å². The summed E-state index contributed by atoms with van der Waals surface area (Å²) in [4.78, 5) is 9.59. The number of hydrogen-bond acceptors (Lipinski definition) is 12. The van der Waals surface area contributed by atoms with E-state index >= 15 is 0 Å². The van der Waals surface area contributed by atoms with Crippen molar-refractivity contribution >= 4 is 0 Å². The van der Waals surface area contributed by atoms with Crippen molar-refractivity contribution in [1.82, 2.24) is 35.6 Å². The van der Waals surface area contributed by atoms with Crippen molar-refractivity contribution in [2.75, 3.05) is 151 Å². The van der Waals surface area contributed by atoms with Gasteiger partial charge in [-0.05, 0) is 7.05 Å². The Kier molecular flexibility index (Phi) is 35.2. The molecule has 0 saturated heterocycles. The third-order valence-electron chi connectivity index (χ3n) is 6.56. The third kappa shape index (κ3) is 28.8. The monoisotopic (exact) mass is 563 g/mol. The first-order chi connectivity index (χ1) is 19.1. The van der Waals surface area contributed by atoms with Gasteiger partial charge in [-0.2, -0.15) is 0 Å². The van der Waals surface area contributed by atoms with Gasteiger partial charge in [0.15, 0.2) is 0 Å². The van der Waals surface area contributed by atoms with Gasteiger partial charge in [0.25, 0.3) is 0 Å². The lowest BCUT2D eigenvalue weighted by molar-refractivity contribution is 0.207. The lowest BCUT2D eigenvalue weighted by atomic mass is 10.3. The molecule has 0 unspecified atom stereocenters. The van der Waals surface area contributed by atoms with Crippen LogP contribution in [0.5, 0.6) is 0 Å². The maximum Gasteiger partial charge on any atom is 0.0110 e. The molecule has 0 rings (SSSR count). The van der Waals surface area contributed by atoms with Gasteiger partial charge in [-0.25, -0.2) is 0 Å². The van der Waals surface area contributed by atoms with Crippen LogP contribution in [0.3, 0.4) is 0 Å². The summed E-state index contributed by atoms with van der Waals surface area (Å²) in [5.41, 5.74) is 28.8. The molecule has 0 amide bonds. The first kappa shape index (κ1) is 40.7. The van der Waals surface area contributed by atoms with Crippen LogP contribution in [0.4, 0.5) is 0 Å². The minimum atomic E-state index is 0.669. The van der Waals surface area contributed by atoms with Crippen molar-refractivity contribution in [3.05, 3.63) is 0 Å². The predicted octanol–water partition coefficient (Wildman–Crippen LogP) is -2.81. The number of nitrogens with two attached hydrogens (primary N) is 5. The van der Waals surface area contributed by atoms with Crippen molar-refractivity contribution in [2.24, 2.45) is 28.7 Å². The molecule has 0 aromatic rings. The minimum absolute atomic E-state index is 0.669. The highest BCUT2D eigenvalue weighted by Crippen LogP contribution is 1.93. The van der Waals surface area contributed by atoms with Crippen LogP contribution in [-0.2, 0) is 0 Å². The maximum absolute atomic E-state index is 5.88. The van der Waals surface area contributed by atoms with E-state index < -0.39 is 0 Å². The molecule has 0 aromatic heterocycles. The number of nitrogens with zero attached hydrogens (tertiary/aromatic N) is 4. The summed E-state index contributed by atoms with van der Waals surface area (Å²) < 4.78 is 0. The second kappa shape index (κ2) is 33.7. The molecule has 0 heterocycles. The second-order valence-electron chi connectivity index (χ2n) is 9.91. The van der Waals surface area contributed by atoms with Crippen molar-refractivity contribution in [3.8, 4) is 0 Å². The van der Waals surface area contributed by atoms with Gasteiger partial charge in [-0.3, -0.25) is 19.6 Å². The average molecular weight is 563 g/mol. The highest BCUT2D eigenvalue weighted by Gasteiger charge is 2.09. The minimum Gasteiger partial charge on any atom is -0.329 e.